The summed E-state index contributed by atoms with van der Waals surface area (Å²) in [4.78, 5) is 0. The van der Waals surface area contributed by atoms with E-state index < -0.39 is 6.61 Å². The lowest BCUT2D eigenvalue weighted by molar-refractivity contribution is -0.129. The van der Waals surface area contributed by atoms with Crippen molar-refractivity contribution in [1.29, 1.82) is 0 Å². The molecule has 0 saturated heterocycles. The minimum absolute atomic E-state index is 0.185. The normalized spacial score (nSPS) is 11.5. The van der Waals surface area contributed by atoms with E-state index in [2.05, 4.69) is 18.6 Å². The molecule has 0 aromatic rings. The molecule has 3 heteroatoms. The Bertz CT molecular complexity index is 74.2. The average Bonchev–Trinajstić information content (AvgIpc) is 1.85. The Labute approximate surface area is 66.7 Å². The van der Waals surface area contributed by atoms with Crippen LogP contribution < -0.4 is 0 Å². The maximum atomic E-state index is 11.4. The van der Waals surface area contributed by atoms with E-state index in [-0.39, 0.29) is 6.61 Å². The maximum absolute atomic E-state index is 11.4. The largest absolute Gasteiger partial charge is 0.345 e. The molecule has 0 fully saturated rings. The molecule has 0 atom stereocenters. The Morgan fingerprint density at radius 2 is 1.82 bits per heavy atom. The molecule has 0 N–H and O–H groups in total. The first-order valence-electron chi connectivity index (χ1n) is 4.02. The van der Waals surface area contributed by atoms with Gasteiger partial charge in [0.2, 0.25) is 0 Å². The van der Waals surface area contributed by atoms with E-state index in [1.807, 2.05) is 0 Å². The fourth-order valence-corrected chi connectivity index (χ4v) is 0.827. The topological polar surface area (TPSA) is 9.23 Å². The van der Waals surface area contributed by atoms with Crippen molar-refractivity contribution in [3.05, 3.63) is 0 Å². The summed E-state index contributed by atoms with van der Waals surface area (Å²) in [7, 11) is 0. The third-order valence-electron chi connectivity index (χ3n) is 1.42. The molecule has 0 aromatic heterocycles. The molecule has 11 heavy (non-hydrogen) atoms. The smallest absolute Gasteiger partial charge is 0.323 e. The molecule has 0 amide bonds. The number of halogens is 2. The summed E-state index contributed by atoms with van der Waals surface area (Å²) in [5, 5.41) is 0. The van der Waals surface area contributed by atoms with Gasteiger partial charge in [0, 0.05) is 0 Å². The molecule has 1 nitrogen and oxygen atoms in total. The number of rotatable bonds is 6. The third kappa shape index (κ3) is 9.82. The second kappa shape index (κ2) is 6.53. The van der Waals surface area contributed by atoms with Gasteiger partial charge in [0.15, 0.2) is 0 Å². The molecule has 68 valence electrons. The van der Waals surface area contributed by atoms with Gasteiger partial charge in [-0.3, -0.25) is 0 Å². The first kappa shape index (κ1) is 10.8. The zero-order valence-corrected chi connectivity index (χ0v) is 7.15. The Morgan fingerprint density at radius 3 is 2.27 bits per heavy atom. The fourth-order valence-electron chi connectivity index (χ4n) is 0.827. The second-order valence-corrected chi connectivity index (χ2v) is 3.02. The minimum Gasteiger partial charge on any atom is -0.323 e. The summed E-state index contributed by atoms with van der Waals surface area (Å²) >= 11 is 0. The summed E-state index contributed by atoms with van der Waals surface area (Å²) < 4.78 is 26.9. The zero-order valence-electron chi connectivity index (χ0n) is 7.15. The monoisotopic (exact) mass is 166 g/mol. The van der Waals surface area contributed by atoms with Crippen LogP contribution in [0.4, 0.5) is 8.78 Å². The molecule has 0 bridgehead atoms. The highest BCUT2D eigenvalue weighted by Gasteiger charge is 2.00. The van der Waals surface area contributed by atoms with E-state index in [0.717, 1.165) is 19.3 Å². The summed E-state index contributed by atoms with van der Waals surface area (Å²) in [6, 6.07) is 0. The van der Waals surface area contributed by atoms with Gasteiger partial charge < -0.3 is 4.74 Å². The number of hydrogen-bond acceptors (Lipinski definition) is 1. The quantitative estimate of drug-likeness (QED) is 0.551. The van der Waals surface area contributed by atoms with Gasteiger partial charge >= 0.3 is 6.61 Å². The van der Waals surface area contributed by atoms with E-state index >= 15 is 0 Å². The van der Waals surface area contributed by atoms with E-state index in [0.29, 0.717) is 5.92 Å². The molecule has 0 aliphatic heterocycles. The summed E-state index contributed by atoms with van der Waals surface area (Å²) in [6.45, 7) is 1.82. The van der Waals surface area contributed by atoms with Gasteiger partial charge in [-0.2, -0.15) is 8.78 Å². The Kier molecular flexibility index (Phi) is 6.42. The van der Waals surface area contributed by atoms with E-state index in [1.165, 1.54) is 0 Å². The molecule has 0 unspecified atom stereocenters. The molecule has 0 aromatic carbocycles. The highest BCUT2D eigenvalue weighted by Crippen LogP contribution is 2.06. The van der Waals surface area contributed by atoms with E-state index in [1.54, 1.807) is 0 Å². The number of ether oxygens (including phenoxy) is 1. The molecule has 0 saturated carbocycles. The molecule has 0 radical (unpaired) electrons. The first-order chi connectivity index (χ1) is 5.13. The van der Waals surface area contributed by atoms with Crippen LogP contribution in [0.15, 0.2) is 0 Å². The predicted molar refractivity (Wildman–Crippen MR) is 40.6 cm³/mol. The third-order valence-corrected chi connectivity index (χ3v) is 1.42. The maximum Gasteiger partial charge on any atom is 0.345 e. The Morgan fingerprint density at radius 1 is 1.18 bits per heavy atom. The van der Waals surface area contributed by atoms with Crippen molar-refractivity contribution in [3.8, 4) is 0 Å². The van der Waals surface area contributed by atoms with Crippen LogP contribution in [-0.2, 0) is 4.74 Å². The van der Waals surface area contributed by atoms with Gasteiger partial charge in [-0.05, 0) is 12.3 Å². The van der Waals surface area contributed by atoms with Crippen LogP contribution in [0.1, 0.15) is 33.1 Å². The SMILES string of the molecule is CC(C)CCCCOC(F)F. The van der Waals surface area contributed by atoms with Crippen molar-refractivity contribution >= 4 is 0 Å². The minimum atomic E-state index is -2.60. The van der Waals surface area contributed by atoms with Gasteiger partial charge in [0.05, 0.1) is 6.61 Å². The second-order valence-electron chi connectivity index (χ2n) is 3.02. The van der Waals surface area contributed by atoms with Gasteiger partial charge in [0.25, 0.3) is 0 Å². The van der Waals surface area contributed by atoms with Crippen molar-refractivity contribution in [1.82, 2.24) is 0 Å². The molecule has 0 heterocycles. The molecule has 0 aliphatic carbocycles. The number of unbranched alkanes of at least 4 members (excludes halogenated alkanes) is 1. The fraction of sp³-hybridized carbons (Fsp3) is 1.00. The Hall–Kier alpha value is -0.180. The lowest BCUT2D eigenvalue weighted by Gasteiger charge is -2.04. The van der Waals surface area contributed by atoms with Crippen LogP contribution in [0.25, 0.3) is 0 Å². The first-order valence-corrected chi connectivity index (χ1v) is 4.02. The van der Waals surface area contributed by atoms with Crippen LogP contribution in [-0.4, -0.2) is 13.2 Å². The van der Waals surface area contributed by atoms with Crippen LogP contribution in [0.2, 0.25) is 0 Å². The van der Waals surface area contributed by atoms with Gasteiger partial charge in [-0.15, -0.1) is 0 Å². The van der Waals surface area contributed by atoms with Crippen molar-refractivity contribution in [3.63, 3.8) is 0 Å². The summed E-state index contributed by atoms with van der Waals surface area (Å²) in [5.74, 6) is 0.654. The molecule has 0 aliphatic rings. The van der Waals surface area contributed by atoms with Gasteiger partial charge in [-0.25, -0.2) is 0 Å². The number of hydrogen-bond donors (Lipinski definition) is 0. The van der Waals surface area contributed by atoms with Crippen LogP contribution in [0.3, 0.4) is 0 Å². The zero-order chi connectivity index (χ0) is 8.69. The van der Waals surface area contributed by atoms with Crippen molar-refractivity contribution < 1.29 is 13.5 Å². The van der Waals surface area contributed by atoms with Crippen LogP contribution in [0, 0.1) is 5.92 Å². The number of alkyl halides is 2. The van der Waals surface area contributed by atoms with Crippen molar-refractivity contribution in [2.45, 2.75) is 39.7 Å². The van der Waals surface area contributed by atoms with E-state index in [4.69, 9.17) is 0 Å². The molecule has 0 spiro atoms. The Balaban J connectivity index is 2.91. The highest BCUT2D eigenvalue weighted by atomic mass is 19.3. The molecular weight excluding hydrogens is 150 g/mol. The van der Waals surface area contributed by atoms with Crippen LogP contribution in [0.5, 0.6) is 0 Å². The average molecular weight is 166 g/mol. The standard InChI is InChI=1S/C8H16F2O/c1-7(2)5-3-4-6-11-8(9)10/h7-8H,3-6H2,1-2H3. The molecular formula is C8H16F2O. The van der Waals surface area contributed by atoms with Gasteiger partial charge in [0.1, 0.15) is 0 Å². The summed E-state index contributed by atoms with van der Waals surface area (Å²) in [6.07, 6.45) is 2.81. The summed E-state index contributed by atoms with van der Waals surface area (Å²) in [5.41, 5.74) is 0. The van der Waals surface area contributed by atoms with Gasteiger partial charge in [-0.1, -0.05) is 26.7 Å². The van der Waals surface area contributed by atoms with Crippen molar-refractivity contribution in [2.75, 3.05) is 6.61 Å². The predicted octanol–water partition coefficient (Wildman–Crippen LogP) is 3.05. The lowest BCUT2D eigenvalue weighted by Crippen LogP contribution is -2.01. The van der Waals surface area contributed by atoms with Crippen LogP contribution >= 0.6 is 0 Å². The van der Waals surface area contributed by atoms with Crippen molar-refractivity contribution in [2.24, 2.45) is 5.92 Å². The highest BCUT2D eigenvalue weighted by molar-refractivity contribution is 4.45. The van der Waals surface area contributed by atoms with E-state index in [9.17, 15) is 8.78 Å². The molecule has 0 rings (SSSR count). The lowest BCUT2D eigenvalue weighted by atomic mass is 10.1.